The number of carbonyl (C=O) groups is 1. The van der Waals surface area contributed by atoms with Gasteiger partial charge in [0.2, 0.25) is 0 Å². The molecule has 2 N–H and O–H groups in total. The topological polar surface area (TPSA) is 52.6 Å². The van der Waals surface area contributed by atoms with Gasteiger partial charge in [-0.3, -0.25) is 0 Å². The Morgan fingerprint density at radius 1 is 1.44 bits per heavy atom. The third-order valence-electron chi connectivity index (χ3n) is 2.55. The lowest BCUT2D eigenvalue weighted by atomic mass is 10.1. The highest BCUT2D eigenvalue weighted by atomic mass is 35.5. The zero-order valence-electron chi connectivity index (χ0n) is 9.58. The fourth-order valence-electron chi connectivity index (χ4n) is 1.63. The van der Waals surface area contributed by atoms with Crippen molar-refractivity contribution >= 4 is 23.6 Å². The van der Waals surface area contributed by atoms with E-state index in [0.717, 1.165) is 17.2 Å². The summed E-state index contributed by atoms with van der Waals surface area (Å²) >= 11 is 6.02. The number of carboxylic acids is 1. The van der Waals surface area contributed by atoms with Gasteiger partial charge in [-0.15, -0.1) is 0 Å². The minimum absolute atomic E-state index is 0.211. The van der Waals surface area contributed by atoms with Crippen molar-refractivity contribution in [3.8, 4) is 0 Å². The van der Waals surface area contributed by atoms with Crippen LogP contribution >= 0.6 is 11.6 Å². The first-order valence-corrected chi connectivity index (χ1v) is 5.91. The number of rotatable bonds is 4. The Hall–Kier alpha value is -1.94. The maximum absolute atomic E-state index is 10.4. The lowest BCUT2D eigenvalue weighted by Crippen LogP contribution is -2.29. The molecule has 0 aromatic heterocycles. The van der Waals surface area contributed by atoms with Crippen molar-refractivity contribution in [1.82, 2.24) is 10.2 Å². The molecule has 2 rings (SSSR count). The van der Waals surface area contributed by atoms with Gasteiger partial charge in [0.1, 0.15) is 0 Å². The van der Waals surface area contributed by atoms with E-state index >= 15 is 0 Å². The SMILES string of the molecule is O=C(O)/C=C/c1ccc(CN2C=CNC2Cl)cc1. The number of nitrogens with one attached hydrogen (secondary N) is 1. The molecule has 0 saturated heterocycles. The molecule has 0 amide bonds. The molecule has 0 fully saturated rings. The van der Waals surface area contributed by atoms with Gasteiger partial charge in [0.25, 0.3) is 0 Å². The van der Waals surface area contributed by atoms with Crippen LogP contribution < -0.4 is 5.32 Å². The molecule has 1 unspecified atom stereocenters. The third-order valence-corrected chi connectivity index (χ3v) is 2.93. The molecule has 0 spiro atoms. The Labute approximate surface area is 110 Å². The summed E-state index contributed by atoms with van der Waals surface area (Å²) in [6.07, 6.45) is 6.39. The number of halogens is 1. The highest BCUT2D eigenvalue weighted by Gasteiger charge is 2.14. The van der Waals surface area contributed by atoms with Gasteiger partial charge >= 0.3 is 5.97 Å². The normalized spacial score (nSPS) is 18.3. The molecular weight excluding hydrogens is 252 g/mol. The number of carboxylic acid groups (broad SMARTS) is 1. The largest absolute Gasteiger partial charge is 0.478 e. The van der Waals surface area contributed by atoms with E-state index in [1.165, 1.54) is 0 Å². The van der Waals surface area contributed by atoms with Crippen molar-refractivity contribution in [1.29, 1.82) is 0 Å². The molecular formula is C13H13ClN2O2. The van der Waals surface area contributed by atoms with Gasteiger partial charge in [-0.1, -0.05) is 35.9 Å². The number of alkyl halides is 1. The average Bonchev–Trinajstić information content (AvgIpc) is 2.74. The molecule has 0 bridgehead atoms. The van der Waals surface area contributed by atoms with Crippen LogP contribution in [0.3, 0.4) is 0 Å². The Morgan fingerprint density at radius 3 is 2.72 bits per heavy atom. The van der Waals surface area contributed by atoms with Crippen LogP contribution in [0.4, 0.5) is 0 Å². The van der Waals surface area contributed by atoms with E-state index in [-0.39, 0.29) is 5.62 Å². The van der Waals surface area contributed by atoms with Gasteiger partial charge in [0.15, 0.2) is 5.62 Å². The van der Waals surface area contributed by atoms with Gasteiger partial charge < -0.3 is 15.3 Å². The zero-order chi connectivity index (χ0) is 13.0. The Morgan fingerprint density at radius 2 is 2.17 bits per heavy atom. The summed E-state index contributed by atoms with van der Waals surface area (Å²) in [6.45, 7) is 0.709. The van der Waals surface area contributed by atoms with Crippen molar-refractivity contribution in [3.63, 3.8) is 0 Å². The van der Waals surface area contributed by atoms with E-state index < -0.39 is 5.97 Å². The van der Waals surface area contributed by atoms with Gasteiger partial charge in [-0.2, -0.15) is 0 Å². The lowest BCUT2D eigenvalue weighted by Gasteiger charge is -2.20. The first-order chi connectivity index (χ1) is 8.65. The summed E-state index contributed by atoms with van der Waals surface area (Å²) in [4.78, 5) is 12.3. The number of nitrogens with zero attached hydrogens (tertiary/aromatic N) is 1. The molecule has 5 heteroatoms. The molecule has 0 radical (unpaired) electrons. The van der Waals surface area contributed by atoms with Crippen molar-refractivity contribution in [3.05, 3.63) is 53.9 Å². The van der Waals surface area contributed by atoms with Crippen LogP contribution in [-0.2, 0) is 11.3 Å². The Kier molecular flexibility index (Phi) is 3.89. The molecule has 0 saturated carbocycles. The van der Waals surface area contributed by atoms with E-state index in [1.54, 1.807) is 6.08 Å². The Balaban J connectivity index is 1.99. The highest BCUT2D eigenvalue weighted by molar-refractivity contribution is 6.20. The monoisotopic (exact) mass is 264 g/mol. The highest BCUT2D eigenvalue weighted by Crippen LogP contribution is 2.14. The smallest absolute Gasteiger partial charge is 0.328 e. The number of aliphatic carboxylic acids is 1. The second-order valence-corrected chi connectivity index (χ2v) is 4.32. The van der Waals surface area contributed by atoms with Crippen LogP contribution in [0.15, 0.2) is 42.7 Å². The van der Waals surface area contributed by atoms with Crippen molar-refractivity contribution in [2.24, 2.45) is 0 Å². The third kappa shape index (κ3) is 3.28. The van der Waals surface area contributed by atoms with Crippen LogP contribution in [0.2, 0.25) is 0 Å². The summed E-state index contributed by atoms with van der Waals surface area (Å²) in [7, 11) is 0. The predicted octanol–water partition coefficient (Wildman–Crippen LogP) is 2.18. The van der Waals surface area contributed by atoms with Crippen LogP contribution in [-0.4, -0.2) is 21.6 Å². The molecule has 1 heterocycles. The summed E-state index contributed by atoms with van der Waals surface area (Å²) in [5.41, 5.74) is 1.76. The molecule has 1 aromatic rings. The van der Waals surface area contributed by atoms with Gasteiger partial charge in [-0.05, 0) is 17.2 Å². The van der Waals surface area contributed by atoms with Crippen LogP contribution in [0.5, 0.6) is 0 Å². The van der Waals surface area contributed by atoms with E-state index in [1.807, 2.05) is 41.6 Å². The predicted molar refractivity (Wildman–Crippen MR) is 70.6 cm³/mol. The van der Waals surface area contributed by atoms with Gasteiger partial charge in [0, 0.05) is 25.0 Å². The summed E-state index contributed by atoms with van der Waals surface area (Å²) in [5, 5.41) is 11.5. The van der Waals surface area contributed by atoms with Crippen molar-refractivity contribution < 1.29 is 9.90 Å². The number of hydrogen-bond donors (Lipinski definition) is 2. The standard InChI is InChI=1S/C13H13ClN2O2/c14-13-15-7-8-16(13)9-11-3-1-10(2-4-11)5-6-12(17)18/h1-8,13,15H,9H2,(H,17,18)/b6-5+. The second kappa shape index (κ2) is 5.60. The first-order valence-electron chi connectivity index (χ1n) is 5.47. The average molecular weight is 265 g/mol. The van der Waals surface area contributed by atoms with E-state index in [4.69, 9.17) is 16.7 Å². The fourth-order valence-corrected chi connectivity index (χ4v) is 1.84. The fraction of sp³-hybridized carbons (Fsp3) is 0.154. The molecule has 94 valence electrons. The first kappa shape index (κ1) is 12.5. The van der Waals surface area contributed by atoms with Gasteiger partial charge in [-0.25, -0.2) is 4.79 Å². The van der Waals surface area contributed by atoms with Crippen LogP contribution in [0, 0.1) is 0 Å². The van der Waals surface area contributed by atoms with Crippen molar-refractivity contribution in [2.75, 3.05) is 0 Å². The molecule has 1 aromatic carbocycles. The molecule has 1 aliphatic rings. The Bertz CT molecular complexity index is 482. The quantitative estimate of drug-likeness (QED) is 0.497. The minimum atomic E-state index is -0.947. The molecule has 1 atom stereocenters. The second-order valence-electron chi connectivity index (χ2n) is 3.90. The van der Waals surface area contributed by atoms with Gasteiger partial charge in [0.05, 0.1) is 0 Å². The van der Waals surface area contributed by atoms with Crippen LogP contribution in [0.25, 0.3) is 6.08 Å². The summed E-state index contributed by atoms with van der Waals surface area (Å²) < 4.78 is 0. The molecule has 0 aliphatic carbocycles. The van der Waals surface area contributed by atoms with Crippen LogP contribution in [0.1, 0.15) is 11.1 Å². The van der Waals surface area contributed by atoms with E-state index in [2.05, 4.69) is 5.32 Å². The molecule has 4 nitrogen and oxygen atoms in total. The maximum atomic E-state index is 10.4. The van der Waals surface area contributed by atoms with E-state index in [9.17, 15) is 4.79 Å². The summed E-state index contributed by atoms with van der Waals surface area (Å²) in [6, 6.07) is 7.67. The van der Waals surface area contributed by atoms with E-state index in [0.29, 0.717) is 6.54 Å². The lowest BCUT2D eigenvalue weighted by molar-refractivity contribution is -0.131. The maximum Gasteiger partial charge on any atom is 0.328 e. The number of benzene rings is 1. The number of hydrogen-bond acceptors (Lipinski definition) is 3. The molecule has 1 aliphatic heterocycles. The summed E-state index contributed by atoms with van der Waals surface area (Å²) in [5.74, 6) is -0.947. The zero-order valence-corrected chi connectivity index (χ0v) is 10.3. The molecule has 18 heavy (non-hydrogen) atoms. The van der Waals surface area contributed by atoms with Crippen molar-refractivity contribution in [2.45, 2.75) is 12.2 Å². The minimum Gasteiger partial charge on any atom is -0.478 e.